The fourth-order valence-corrected chi connectivity index (χ4v) is 3.20. The molecule has 3 rings (SSSR count). The molecule has 0 spiro atoms. The highest BCUT2D eigenvalue weighted by molar-refractivity contribution is 7.89. The van der Waals surface area contributed by atoms with Gasteiger partial charge in [-0.25, -0.2) is 22.7 Å². The number of anilines is 1. The van der Waals surface area contributed by atoms with Gasteiger partial charge in [-0.05, 0) is 37.3 Å². The number of benzene rings is 2. The van der Waals surface area contributed by atoms with Crippen molar-refractivity contribution in [1.29, 1.82) is 0 Å². The Morgan fingerprint density at radius 1 is 1.27 bits per heavy atom. The average Bonchev–Trinajstić information content (AvgIpc) is 3.18. The number of carbonyl (C=O) groups excluding carboxylic acids is 2. The molecule has 1 aliphatic rings. The van der Waals surface area contributed by atoms with Gasteiger partial charge in [0, 0.05) is 17.7 Å². The molecule has 0 bridgehead atoms. The Morgan fingerprint density at radius 3 is 2.70 bits per heavy atom. The van der Waals surface area contributed by atoms with Crippen LogP contribution in [0.3, 0.4) is 0 Å². The van der Waals surface area contributed by atoms with Crippen molar-refractivity contribution >= 4 is 33.3 Å². The number of halogens is 1. The van der Waals surface area contributed by atoms with Crippen LogP contribution < -0.4 is 10.5 Å². The highest BCUT2D eigenvalue weighted by Crippen LogP contribution is 2.19. The average molecular weight is 435 g/mol. The van der Waals surface area contributed by atoms with E-state index in [9.17, 15) is 22.4 Å². The molecule has 30 heavy (non-hydrogen) atoms. The van der Waals surface area contributed by atoms with Crippen molar-refractivity contribution < 1.29 is 32.0 Å². The van der Waals surface area contributed by atoms with E-state index in [1.165, 1.54) is 49.4 Å². The molecule has 11 heteroatoms. The number of nitrogens with one attached hydrogen (secondary N) is 1. The second kappa shape index (κ2) is 8.59. The number of ether oxygens (including phenoxy) is 1. The van der Waals surface area contributed by atoms with Crippen LogP contribution in [-0.2, 0) is 29.2 Å². The molecule has 2 aromatic rings. The topological polar surface area (TPSA) is 137 Å². The first-order valence-electron chi connectivity index (χ1n) is 8.76. The third-order valence-electron chi connectivity index (χ3n) is 4.18. The first-order valence-corrected chi connectivity index (χ1v) is 10.3. The molecule has 0 saturated carbocycles. The fourth-order valence-electron chi connectivity index (χ4n) is 2.64. The Bertz CT molecular complexity index is 1120. The normalized spacial score (nSPS) is 16.9. The zero-order chi connectivity index (χ0) is 21.9. The third kappa shape index (κ3) is 5.19. The maximum absolute atomic E-state index is 13.3. The van der Waals surface area contributed by atoms with Crippen molar-refractivity contribution in [2.45, 2.75) is 30.4 Å². The van der Waals surface area contributed by atoms with Gasteiger partial charge in [0.25, 0.3) is 5.91 Å². The van der Waals surface area contributed by atoms with E-state index in [4.69, 9.17) is 14.7 Å². The second-order valence-electron chi connectivity index (χ2n) is 6.49. The molecule has 0 aromatic heterocycles. The summed E-state index contributed by atoms with van der Waals surface area (Å²) in [4.78, 5) is 29.4. The van der Waals surface area contributed by atoms with Gasteiger partial charge < -0.3 is 14.9 Å². The maximum atomic E-state index is 13.3. The van der Waals surface area contributed by atoms with E-state index in [1.807, 2.05) is 0 Å². The Morgan fingerprint density at radius 2 is 2.00 bits per heavy atom. The smallest absolute Gasteiger partial charge is 0.351 e. The molecule has 2 aromatic carbocycles. The molecule has 0 radical (unpaired) electrons. The van der Waals surface area contributed by atoms with E-state index in [-0.39, 0.29) is 17.0 Å². The number of hydrogen-bond acceptors (Lipinski definition) is 7. The monoisotopic (exact) mass is 435 g/mol. The lowest BCUT2D eigenvalue weighted by molar-refractivity contribution is -0.163. The summed E-state index contributed by atoms with van der Waals surface area (Å²) >= 11 is 0. The maximum Gasteiger partial charge on any atom is 0.351 e. The van der Waals surface area contributed by atoms with Crippen molar-refractivity contribution in [3.63, 3.8) is 0 Å². The highest BCUT2D eigenvalue weighted by atomic mass is 32.2. The Balaban J connectivity index is 1.56. The number of carbonyl (C=O) groups is 2. The molecule has 0 aliphatic carbocycles. The standard InChI is InChI=1S/C19H18FN3O6S/c1-11(18(24)22-14-6-3-7-15(9-14)30(21,26)27)28-19(25)17-10-16(23-29-17)12-4-2-5-13(20)8-12/h2-9,11,17H,10H2,1H3,(H,22,24)(H2,21,26,27). The van der Waals surface area contributed by atoms with Gasteiger partial charge >= 0.3 is 5.97 Å². The molecule has 3 N–H and O–H groups in total. The van der Waals surface area contributed by atoms with Gasteiger partial charge in [0.2, 0.25) is 16.1 Å². The van der Waals surface area contributed by atoms with Crippen molar-refractivity contribution in [3.8, 4) is 0 Å². The van der Waals surface area contributed by atoms with Crippen LogP contribution in [0.4, 0.5) is 10.1 Å². The van der Waals surface area contributed by atoms with E-state index in [0.717, 1.165) is 0 Å². The number of primary sulfonamides is 1. The molecule has 2 atom stereocenters. The quantitative estimate of drug-likeness (QED) is 0.660. The molecular weight excluding hydrogens is 417 g/mol. The molecule has 1 heterocycles. The number of sulfonamides is 1. The van der Waals surface area contributed by atoms with Gasteiger partial charge in [-0.2, -0.15) is 0 Å². The highest BCUT2D eigenvalue weighted by Gasteiger charge is 2.32. The Hall–Kier alpha value is -3.31. The number of oxime groups is 1. The molecule has 9 nitrogen and oxygen atoms in total. The minimum absolute atomic E-state index is 0.0625. The van der Waals surface area contributed by atoms with Crippen LogP contribution in [0.5, 0.6) is 0 Å². The lowest BCUT2D eigenvalue weighted by atomic mass is 10.1. The van der Waals surface area contributed by atoms with Crippen molar-refractivity contribution in [2.75, 3.05) is 5.32 Å². The second-order valence-corrected chi connectivity index (χ2v) is 8.05. The number of amides is 1. The first kappa shape index (κ1) is 21.4. The number of nitrogens with two attached hydrogens (primary N) is 1. The van der Waals surface area contributed by atoms with Crippen LogP contribution in [0.1, 0.15) is 18.9 Å². The van der Waals surface area contributed by atoms with E-state index < -0.39 is 39.9 Å². The minimum atomic E-state index is -3.93. The molecule has 1 amide bonds. The van der Waals surface area contributed by atoms with Crippen LogP contribution in [0.2, 0.25) is 0 Å². The van der Waals surface area contributed by atoms with Gasteiger partial charge in [-0.15, -0.1) is 0 Å². The fraction of sp³-hybridized carbons (Fsp3) is 0.211. The third-order valence-corrected chi connectivity index (χ3v) is 5.09. The van der Waals surface area contributed by atoms with Crippen LogP contribution in [-0.4, -0.2) is 38.2 Å². The summed E-state index contributed by atoms with van der Waals surface area (Å²) in [6, 6.07) is 11.0. The first-order chi connectivity index (χ1) is 14.1. The van der Waals surface area contributed by atoms with Gasteiger partial charge in [0.05, 0.1) is 10.6 Å². The zero-order valence-corrected chi connectivity index (χ0v) is 16.6. The summed E-state index contributed by atoms with van der Waals surface area (Å²) in [5, 5.41) is 11.3. The van der Waals surface area contributed by atoms with Gasteiger partial charge in [0.15, 0.2) is 6.10 Å². The summed E-state index contributed by atoms with van der Waals surface area (Å²) in [6.45, 7) is 1.35. The molecular formula is C19H18FN3O6S. The lowest BCUT2D eigenvalue weighted by Gasteiger charge is -2.15. The van der Waals surface area contributed by atoms with Gasteiger partial charge in [0.1, 0.15) is 5.82 Å². The van der Waals surface area contributed by atoms with E-state index in [1.54, 1.807) is 6.07 Å². The van der Waals surface area contributed by atoms with E-state index in [2.05, 4.69) is 10.5 Å². The number of esters is 1. The SMILES string of the molecule is CC(OC(=O)C1CC(c2cccc(F)c2)=NO1)C(=O)Nc1cccc(S(N)(=O)=O)c1. The summed E-state index contributed by atoms with van der Waals surface area (Å²) in [7, 11) is -3.93. The van der Waals surface area contributed by atoms with Crippen molar-refractivity contribution in [3.05, 3.63) is 59.9 Å². The van der Waals surface area contributed by atoms with Crippen LogP contribution in [0, 0.1) is 5.82 Å². The van der Waals surface area contributed by atoms with Crippen LogP contribution in [0.15, 0.2) is 58.6 Å². The number of rotatable bonds is 6. The summed E-state index contributed by atoms with van der Waals surface area (Å²) in [5.41, 5.74) is 1.03. The molecule has 1 aliphatic heterocycles. The van der Waals surface area contributed by atoms with Crippen molar-refractivity contribution in [2.24, 2.45) is 10.3 Å². The number of hydrogen-bond donors (Lipinski definition) is 2. The van der Waals surface area contributed by atoms with Gasteiger partial charge in [-0.1, -0.05) is 23.4 Å². The van der Waals surface area contributed by atoms with Crippen LogP contribution in [0.25, 0.3) is 0 Å². The summed E-state index contributed by atoms with van der Waals surface area (Å²) in [6.07, 6.45) is -2.20. The molecule has 0 fully saturated rings. The van der Waals surface area contributed by atoms with E-state index >= 15 is 0 Å². The van der Waals surface area contributed by atoms with Crippen LogP contribution >= 0.6 is 0 Å². The minimum Gasteiger partial charge on any atom is -0.450 e. The van der Waals surface area contributed by atoms with Gasteiger partial charge in [-0.3, -0.25) is 4.79 Å². The predicted octanol–water partition coefficient (Wildman–Crippen LogP) is 1.54. The zero-order valence-electron chi connectivity index (χ0n) is 15.7. The summed E-state index contributed by atoms with van der Waals surface area (Å²) in [5.74, 6) is -1.94. The van der Waals surface area contributed by atoms with Crippen molar-refractivity contribution in [1.82, 2.24) is 0 Å². The summed E-state index contributed by atoms with van der Waals surface area (Å²) < 4.78 is 41.2. The Labute approximate surface area is 171 Å². The molecule has 2 unspecified atom stereocenters. The largest absolute Gasteiger partial charge is 0.450 e. The van der Waals surface area contributed by atoms with E-state index in [0.29, 0.717) is 11.3 Å². The number of nitrogens with zero attached hydrogens (tertiary/aromatic N) is 1. The predicted molar refractivity (Wildman–Crippen MR) is 104 cm³/mol. The Kier molecular flexibility index (Phi) is 6.13. The lowest BCUT2D eigenvalue weighted by Crippen LogP contribution is -2.34. The molecule has 0 saturated heterocycles. The molecule has 158 valence electrons.